The summed E-state index contributed by atoms with van der Waals surface area (Å²) in [6.07, 6.45) is -1.10. The van der Waals surface area contributed by atoms with Crippen molar-refractivity contribution in [2.75, 3.05) is 39.9 Å². The molecule has 16 heteroatoms. The smallest absolute Gasteiger partial charge is 0.335 e. The molecule has 2 aromatic rings. The van der Waals surface area contributed by atoms with Crippen LogP contribution in [-0.4, -0.2) is 76.1 Å². The Morgan fingerprint density at radius 1 is 1.18 bits per heavy atom. The molecule has 0 fully saturated rings. The summed E-state index contributed by atoms with van der Waals surface area (Å²) in [5.74, 6) is -0.922. The first kappa shape index (κ1) is 26.9. The lowest BCUT2D eigenvalue weighted by molar-refractivity contribution is -0.146. The van der Waals surface area contributed by atoms with Crippen LogP contribution in [0, 0.1) is 0 Å². The minimum Gasteiger partial charge on any atom is -0.481 e. The Morgan fingerprint density at radius 3 is 2.41 bits per heavy atom. The molecular weight excluding hydrogens is 501 g/mol. The van der Waals surface area contributed by atoms with Gasteiger partial charge in [-0.25, -0.2) is 27.1 Å². The number of sulfonamides is 1. The van der Waals surface area contributed by atoms with Gasteiger partial charge in [0, 0.05) is 12.6 Å². The van der Waals surface area contributed by atoms with Crippen LogP contribution in [0.1, 0.15) is 5.69 Å². The molecule has 0 bridgehead atoms. The van der Waals surface area contributed by atoms with Gasteiger partial charge in [-0.2, -0.15) is 9.97 Å². The summed E-state index contributed by atoms with van der Waals surface area (Å²) in [7, 11) is -0.827. The van der Waals surface area contributed by atoms with E-state index in [4.69, 9.17) is 25.8 Å². The molecular formula is C18H21ClFN5O8S. The number of nitrogens with zero attached hydrogens (tertiary/aromatic N) is 3. The Kier molecular flexibility index (Phi) is 9.70. The van der Waals surface area contributed by atoms with E-state index in [1.54, 1.807) is 4.72 Å². The van der Waals surface area contributed by atoms with Crippen molar-refractivity contribution >= 4 is 39.6 Å². The van der Waals surface area contributed by atoms with Crippen molar-refractivity contribution in [1.29, 1.82) is 0 Å². The Hall–Kier alpha value is -3.30. The molecule has 0 aromatic carbocycles. The fourth-order valence-electron chi connectivity index (χ4n) is 2.46. The second-order valence-corrected chi connectivity index (χ2v) is 8.32. The molecule has 2 N–H and O–H groups in total. The maximum atomic E-state index is 14.3. The second kappa shape index (κ2) is 12.2. The largest absolute Gasteiger partial charge is 0.481 e. The van der Waals surface area contributed by atoms with Crippen molar-refractivity contribution < 1.29 is 41.3 Å². The van der Waals surface area contributed by atoms with E-state index in [2.05, 4.69) is 25.0 Å². The van der Waals surface area contributed by atoms with Gasteiger partial charge in [0.05, 0.1) is 44.7 Å². The van der Waals surface area contributed by atoms with E-state index in [9.17, 15) is 22.4 Å². The molecule has 0 saturated carbocycles. The predicted octanol–water partition coefficient (Wildman–Crippen LogP) is 1.12. The number of halogens is 2. The third kappa shape index (κ3) is 7.64. The summed E-state index contributed by atoms with van der Waals surface area (Å²) in [5.41, 5.74) is -0.263. The standard InChI is InChI=1S/C18H21ClFN5O8S/c1-30-13-7-14(31-2)23-17(22-13)24-18(27)25-34(28,29)16-11(19)4-5-21-12(16)6-10(20)8-33-9-15(26)32-3/h4-5,7,10H,6,8-9H2,1-3H3,(H2,22,23,24,25,27). The summed E-state index contributed by atoms with van der Waals surface area (Å²) < 4.78 is 60.9. The third-order valence-electron chi connectivity index (χ3n) is 3.91. The van der Waals surface area contributed by atoms with Crippen LogP contribution in [-0.2, 0) is 30.7 Å². The maximum Gasteiger partial charge on any atom is 0.335 e. The molecule has 0 saturated heterocycles. The Morgan fingerprint density at radius 2 is 1.82 bits per heavy atom. The number of amides is 2. The third-order valence-corrected chi connectivity index (χ3v) is 5.78. The minimum atomic E-state index is -4.61. The number of nitrogens with one attached hydrogen (secondary N) is 2. The van der Waals surface area contributed by atoms with Gasteiger partial charge in [0.15, 0.2) is 0 Å². The van der Waals surface area contributed by atoms with Crippen LogP contribution in [0.15, 0.2) is 23.2 Å². The molecule has 2 rings (SSSR count). The van der Waals surface area contributed by atoms with Gasteiger partial charge < -0.3 is 18.9 Å². The monoisotopic (exact) mass is 521 g/mol. The summed E-state index contributed by atoms with van der Waals surface area (Å²) in [5, 5.41) is 1.83. The number of esters is 1. The number of hydrogen-bond donors (Lipinski definition) is 2. The summed E-state index contributed by atoms with van der Waals surface area (Å²) in [6, 6.07) is 1.26. The van der Waals surface area contributed by atoms with Gasteiger partial charge in [0.1, 0.15) is 17.7 Å². The van der Waals surface area contributed by atoms with Crippen LogP contribution in [0.4, 0.5) is 15.1 Å². The first-order chi connectivity index (χ1) is 16.1. The lowest BCUT2D eigenvalue weighted by Gasteiger charge is -2.14. The van der Waals surface area contributed by atoms with E-state index < -0.39 is 52.7 Å². The quantitative estimate of drug-likeness (QED) is 0.406. The van der Waals surface area contributed by atoms with Crippen LogP contribution in [0.2, 0.25) is 5.02 Å². The molecule has 0 aliphatic heterocycles. The van der Waals surface area contributed by atoms with Crippen molar-refractivity contribution in [2.24, 2.45) is 0 Å². The molecule has 186 valence electrons. The van der Waals surface area contributed by atoms with Gasteiger partial charge in [-0.1, -0.05) is 11.6 Å². The average molecular weight is 522 g/mol. The number of hydrogen-bond acceptors (Lipinski definition) is 11. The first-order valence-corrected chi connectivity index (χ1v) is 11.2. The van der Waals surface area contributed by atoms with Gasteiger partial charge in [-0.05, 0) is 6.07 Å². The predicted molar refractivity (Wildman–Crippen MR) is 115 cm³/mol. The van der Waals surface area contributed by atoms with Gasteiger partial charge in [0.25, 0.3) is 10.0 Å². The highest BCUT2D eigenvalue weighted by Crippen LogP contribution is 2.25. The van der Waals surface area contributed by atoms with Crippen molar-refractivity contribution in [2.45, 2.75) is 17.5 Å². The van der Waals surface area contributed by atoms with Gasteiger partial charge in [0.2, 0.25) is 17.7 Å². The van der Waals surface area contributed by atoms with Gasteiger partial charge >= 0.3 is 12.0 Å². The topological polar surface area (TPSA) is 168 Å². The van der Waals surface area contributed by atoms with Crippen molar-refractivity contribution in [3.05, 3.63) is 29.0 Å². The molecule has 2 heterocycles. The summed E-state index contributed by atoms with van der Waals surface area (Å²) in [6.45, 7) is -1.02. The van der Waals surface area contributed by atoms with Gasteiger partial charge in [-0.3, -0.25) is 10.3 Å². The number of anilines is 1. The molecule has 1 unspecified atom stereocenters. The van der Waals surface area contributed by atoms with Crippen molar-refractivity contribution in [3.63, 3.8) is 0 Å². The molecule has 2 aromatic heterocycles. The molecule has 34 heavy (non-hydrogen) atoms. The number of carbonyl (C=O) groups is 2. The zero-order chi connectivity index (χ0) is 25.3. The van der Waals surface area contributed by atoms with E-state index >= 15 is 0 Å². The molecule has 2 amide bonds. The normalized spacial score (nSPS) is 11.9. The number of pyridine rings is 1. The fourth-order valence-corrected chi connectivity index (χ4v) is 4.10. The number of rotatable bonds is 11. The van der Waals surface area contributed by atoms with Crippen molar-refractivity contribution in [3.8, 4) is 11.8 Å². The van der Waals surface area contributed by atoms with Crippen LogP contribution in [0.5, 0.6) is 11.8 Å². The SMILES string of the molecule is COC(=O)COCC(F)Cc1nccc(Cl)c1S(=O)(=O)NC(=O)Nc1nc(OC)cc(OC)n1. The zero-order valence-corrected chi connectivity index (χ0v) is 19.8. The van der Waals surface area contributed by atoms with Crippen LogP contribution in [0.25, 0.3) is 0 Å². The lowest BCUT2D eigenvalue weighted by atomic mass is 10.2. The Bertz CT molecular complexity index is 1120. The lowest BCUT2D eigenvalue weighted by Crippen LogP contribution is -2.36. The number of ether oxygens (including phenoxy) is 4. The average Bonchev–Trinajstić information content (AvgIpc) is 2.77. The molecule has 0 aliphatic rings. The number of aromatic nitrogens is 3. The highest BCUT2D eigenvalue weighted by Gasteiger charge is 2.27. The zero-order valence-electron chi connectivity index (χ0n) is 18.2. The minimum absolute atomic E-state index is 0.0472. The van der Waals surface area contributed by atoms with Gasteiger partial charge in [-0.15, -0.1) is 0 Å². The Labute approximate surface area is 199 Å². The molecule has 0 aliphatic carbocycles. The van der Waals surface area contributed by atoms with Crippen LogP contribution < -0.4 is 19.5 Å². The van der Waals surface area contributed by atoms with Crippen molar-refractivity contribution in [1.82, 2.24) is 19.7 Å². The number of methoxy groups -OCH3 is 3. The number of alkyl halides is 1. The second-order valence-electron chi connectivity index (χ2n) is 6.30. The maximum absolute atomic E-state index is 14.3. The molecule has 0 radical (unpaired) electrons. The highest BCUT2D eigenvalue weighted by molar-refractivity contribution is 7.90. The van der Waals surface area contributed by atoms with E-state index in [-0.39, 0.29) is 28.4 Å². The van der Waals surface area contributed by atoms with E-state index in [1.807, 2.05) is 0 Å². The Balaban J connectivity index is 2.16. The van der Waals surface area contributed by atoms with Crippen LogP contribution in [0.3, 0.4) is 0 Å². The molecule has 13 nitrogen and oxygen atoms in total. The number of urea groups is 1. The molecule has 0 spiro atoms. The molecule has 1 atom stereocenters. The summed E-state index contributed by atoms with van der Waals surface area (Å²) in [4.78, 5) is 34.3. The summed E-state index contributed by atoms with van der Waals surface area (Å²) >= 11 is 6.02. The highest BCUT2D eigenvalue weighted by atomic mass is 35.5. The van der Waals surface area contributed by atoms with E-state index in [0.717, 1.165) is 13.2 Å². The van der Waals surface area contributed by atoms with E-state index in [0.29, 0.717) is 0 Å². The van der Waals surface area contributed by atoms with Crippen LogP contribution >= 0.6 is 11.6 Å². The fraction of sp³-hybridized carbons (Fsp3) is 0.389. The number of carbonyl (C=O) groups excluding carboxylic acids is 2. The van der Waals surface area contributed by atoms with E-state index in [1.165, 1.54) is 26.5 Å². The first-order valence-electron chi connectivity index (χ1n) is 9.32.